The number of hydrogen-bond acceptors (Lipinski definition) is 3. The number of halogens is 3. The van der Waals surface area contributed by atoms with Crippen LogP contribution in [0.3, 0.4) is 0 Å². The number of amides is 2. The van der Waals surface area contributed by atoms with Crippen molar-refractivity contribution in [3.05, 3.63) is 29.8 Å². The molecule has 1 aromatic carbocycles. The van der Waals surface area contributed by atoms with Crippen LogP contribution < -0.4 is 10.5 Å². The number of rotatable bonds is 4. The molecule has 0 fully saturated rings. The molecule has 2 rings (SSSR count). The normalized spacial score (nSPS) is 18.9. The fourth-order valence-electron chi connectivity index (χ4n) is 2.20. The molecule has 1 unspecified atom stereocenters. The van der Waals surface area contributed by atoms with Gasteiger partial charge in [-0.25, -0.2) is 4.79 Å². The zero-order chi connectivity index (χ0) is 15.6. The van der Waals surface area contributed by atoms with Gasteiger partial charge in [0.25, 0.3) is 0 Å². The third kappa shape index (κ3) is 3.45. The largest absolute Gasteiger partial charge is 0.573 e. The van der Waals surface area contributed by atoms with Crippen molar-refractivity contribution >= 4 is 11.9 Å². The van der Waals surface area contributed by atoms with Crippen molar-refractivity contribution in [1.82, 2.24) is 4.90 Å². The summed E-state index contributed by atoms with van der Waals surface area (Å²) in [7, 11) is 0. The maximum atomic E-state index is 12.3. The third-order valence-corrected chi connectivity index (χ3v) is 2.93. The van der Waals surface area contributed by atoms with Gasteiger partial charge in [-0.2, -0.15) is 4.99 Å². The molecule has 0 aliphatic carbocycles. The van der Waals surface area contributed by atoms with Gasteiger partial charge in [0.1, 0.15) is 17.6 Å². The average molecular weight is 301 g/mol. The van der Waals surface area contributed by atoms with E-state index in [0.29, 0.717) is 18.5 Å². The molecule has 21 heavy (non-hydrogen) atoms. The second-order valence-corrected chi connectivity index (χ2v) is 4.54. The van der Waals surface area contributed by atoms with Crippen LogP contribution in [0, 0.1) is 0 Å². The summed E-state index contributed by atoms with van der Waals surface area (Å²) in [6.07, 6.45) is -4.09. The van der Waals surface area contributed by atoms with Gasteiger partial charge in [0.15, 0.2) is 0 Å². The predicted molar refractivity (Wildman–Crippen MR) is 69.9 cm³/mol. The molecule has 2 N–H and O–H groups in total. The minimum atomic E-state index is -4.77. The molecule has 114 valence electrons. The first-order valence-electron chi connectivity index (χ1n) is 6.32. The molecule has 8 heteroatoms. The highest BCUT2D eigenvalue weighted by atomic mass is 19.4. The lowest BCUT2D eigenvalue weighted by Crippen LogP contribution is -2.34. The lowest BCUT2D eigenvalue weighted by Gasteiger charge is -2.24. The maximum Gasteiger partial charge on any atom is 0.573 e. The Morgan fingerprint density at radius 1 is 1.43 bits per heavy atom. The molecule has 2 amide bonds. The van der Waals surface area contributed by atoms with Crippen LogP contribution >= 0.6 is 0 Å². The number of benzene rings is 1. The van der Waals surface area contributed by atoms with E-state index >= 15 is 0 Å². The summed E-state index contributed by atoms with van der Waals surface area (Å²) in [6, 6.07) is 4.25. The van der Waals surface area contributed by atoms with Gasteiger partial charge in [-0.15, -0.1) is 13.2 Å². The van der Waals surface area contributed by atoms with E-state index in [1.54, 1.807) is 6.07 Å². The Kier molecular flexibility index (Phi) is 4.06. The molecule has 1 heterocycles. The van der Waals surface area contributed by atoms with Crippen molar-refractivity contribution in [2.75, 3.05) is 6.54 Å². The zero-order valence-corrected chi connectivity index (χ0v) is 11.2. The van der Waals surface area contributed by atoms with Gasteiger partial charge in [0.2, 0.25) is 0 Å². The standard InChI is InChI=1S/C13H14F3N3O2/c1-2-6-19-10(11(17)18-12(19)20)8-4-3-5-9(7-8)21-13(14,15)16/h3-5,7,10H,2,6H2,1H3,(H2,17,18,20). The van der Waals surface area contributed by atoms with Crippen molar-refractivity contribution in [3.8, 4) is 5.75 Å². The van der Waals surface area contributed by atoms with Crippen molar-refractivity contribution in [1.29, 1.82) is 0 Å². The summed E-state index contributed by atoms with van der Waals surface area (Å²) in [6.45, 7) is 2.29. The van der Waals surface area contributed by atoms with E-state index in [9.17, 15) is 18.0 Å². The van der Waals surface area contributed by atoms with Crippen LogP contribution in [0.4, 0.5) is 18.0 Å². The summed E-state index contributed by atoms with van der Waals surface area (Å²) in [5, 5.41) is 0. The number of nitrogens with zero attached hydrogens (tertiary/aromatic N) is 2. The van der Waals surface area contributed by atoms with Crippen LogP contribution in [-0.4, -0.2) is 29.7 Å². The molecular formula is C13H14F3N3O2. The van der Waals surface area contributed by atoms with Crippen LogP contribution in [0.1, 0.15) is 24.9 Å². The van der Waals surface area contributed by atoms with Gasteiger partial charge in [-0.05, 0) is 24.1 Å². The zero-order valence-electron chi connectivity index (χ0n) is 11.2. The number of carbonyl (C=O) groups is 1. The van der Waals surface area contributed by atoms with E-state index in [-0.39, 0.29) is 11.6 Å². The summed E-state index contributed by atoms with van der Waals surface area (Å²) >= 11 is 0. The molecule has 0 bridgehead atoms. The Hall–Kier alpha value is -2.25. The van der Waals surface area contributed by atoms with Gasteiger partial charge < -0.3 is 15.4 Å². The molecule has 1 aliphatic heterocycles. The Bertz CT molecular complexity index is 572. The van der Waals surface area contributed by atoms with Gasteiger partial charge >= 0.3 is 12.4 Å². The van der Waals surface area contributed by atoms with E-state index in [2.05, 4.69) is 9.73 Å². The van der Waals surface area contributed by atoms with Crippen LogP contribution in [0.2, 0.25) is 0 Å². The number of nitrogens with two attached hydrogens (primary N) is 1. The Labute approximate surface area is 119 Å². The van der Waals surface area contributed by atoms with Crippen LogP contribution in [0.5, 0.6) is 5.75 Å². The van der Waals surface area contributed by atoms with E-state index in [0.717, 1.165) is 0 Å². The Morgan fingerprint density at radius 3 is 2.76 bits per heavy atom. The lowest BCUT2D eigenvalue weighted by atomic mass is 10.0. The summed E-state index contributed by atoms with van der Waals surface area (Å²) < 4.78 is 40.6. The fourth-order valence-corrected chi connectivity index (χ4v) is 2.20. The number of ether oxygens (including phenoxy) is 1. The highest BCUT2D eigenvalue weighted by Gasteiger charge is 2.35. The molecule has 5 nitrogen and oxygen atoms in total. The average Bonchev–Trinajstić information content (AvgIpc) is 2.63. The van der Waals surface area contributed by atoms with E-state index in [1.807, 2.05) is 6.92 Å². The van der Waals surface area contributed by atoms with Crippen molar-refractivity contribution in [2.24, 2.45) is 10.7 Å². The Morgan fingerprint density at radius 2 is 2.14 bits per heavy atom. The number of amidine groups is 1. The topological polar surface area (TPSA) is 67.9 Å². The smallest absolute Gasteiger partial charge is 0.406 e. The number of hydrogen-bond donors (Lipinski definition) is 1. The van der Waals surface area contributed by atoms with E-state index in [4.69, 9.17) is 5.73 Å². The second kappa shape index (κ2) is 5.63. The van der Waals surface area contributed by atoms with Gasteiger partial charge in [-0.3, -0.25) is 0 Å². The summed E-state index contributed by atoms with van der Waals surface area (Å²) in [5.41, 5.74) is 6.15. The first kappa shape index (κ1) is 15.1. The second-order valence-electron chi connectivity index (χ2n) is 4.54. The predicted octanol–water partition coefficient (Wildman–Crippen LogP) is 2.83. The maximum absolute atomic E-state index is 12.3. The highest BCUT2D eigenvalue weighted by molar-refractivity contribution is 6.03. The van der Waals surface area contributed by atoms with Crippen LogP contribution in [0.25, 0.3) is 0 Å². The molecule has 0 radical (unpaired) electrons. The van der Waals surface area contributed by atoms with Gasteiger partial charge in [0.05, 0.1) is 0 Å². The number of alkyl halides is 3. The van der Waals surface area contributed by atoms with Crippen LogP contribution in [-0.2, 0) is 0 Å². The fraction of sp³-hybridized carbons (Fsp3) is 0.385. The van der Waals surface area contributed by atoms with Crippen molar-refractivity contribution < 1.29 is 22.7 Å². The number of aliphatic imine (C=N–C) groups is 1. The highest BCUT2D eigenvalue weighted by Crippen LogP contribution is 2.31. The third-order valence-electron chi connectivity index (χ3n) is 2.93. The van der Waals surface area contributed by atoms with Crippen LogP contribution in [0.15, 0.2) is 29.3 Å². The quantitative estimate of drug-likeness (QED) is 0.929. The molecule has 1 aliphatic rings. The lowest BCUT2D eigenvalue weighted by molar-refractivity contribution is -0.274. The van der Waals surface area contributed by atoms with Gasteiger partial charge in [-0.1, -0.05) is 19.1 Å². The van der Waals surface area contributed by atoms with Crippen molar-refractivity contribution in [2.45, 2.75) is 25.7 Å². The molecule has 1 atom stereocenters. The first-order chi connectivity index (χ1) is 9.81. The summed E-state index contributed by atoms with van der Waals surface area (Å²) in [5.74, 6) is -0.291. The molecule has 0 aromatic heterocycles. The molecule has 0 saturated carbocycles. The summed E-state index contributed by atoms with van der Waals surface area (Å²) in [4.78, 5) is 16.8. The minimum absolute atomic E-state index is 0.0672. The van der Waals surface area contributed by atoms with Crippen molar-refractivity contribution in [3.63, 3.8) is 0 Å². The minimum Gasteiger partial charge on any atom is -0.406 e. The SMILES string of the molecule is CCCN1C(=O)N=C(N)C1c1cccc(OC(F)(F)F)c1. The molecule has 0 saturated heterocycles. The van der Waals surface area contributed by atoms with E-state index < -0.39 is 18.4 Å². The monoisotopic (exact) mass is 301 g/mol. The Balaban J connectivity index is 2.30. The number of carbonyl (C=O) groups excluding carboxylic acids is 1. The van der Waals surface area contributed by atoms with Gasteiger partial charge in [0, 0.05) is 6.54 Å². The van der Waals surface area contributed by atoms with E-state index in [1.165, 1.54) is 23.1 Å². The molecular weight excluding hydrogens is 287 g/mol. The number of urea groups is 1. The molecule has 1 aromatic rings. The first-order valence-corrected chi connectivity index (χ1v) is 6.32. The molecule has 0 spiro atoms.